The standard InChI is InChI=1S/C23H23N3O2S/c1-13(22(27)28)29-23-25-19-8-4-7-18(19)21(26-23)24-20-12-11-15(14-9-10-14)16-5-2-3-6-17(16)20/h2-3,5-6,11-14H,4,7-10H2,1H3,(H,27,28)(H,24,25,26). The summed E-state index contributed by atoms with van der Waals surface area (Å²) in [6.07, 6.45) is 5.48. The smallest absolute Gasteiger partial charge is 0.316 e. The van der Waals surface area contributed by atoms with E-state index in [4.69, 9.17) is 4.98 Å². The molecule has 1 unspecified atom stereocenters. The lowest BCUT2D eigenvalue weighted by molar-refractivity contribution is -0.136. The third-order valence-electron chi connectivity index (χ3n) is 5.77. The number of benzene rings is 2. The van der Waals surface area contributed by atoms with Crippen LogP contribution >= 0.6 is 11.8 Å². The van der Waals surface area contributed by atoms with E-state index < -0.39 is 11.2 Å². The Balaban J connectivity index is 1.54. The van der Waals surface area contributed by atoms with E-state index in [-0.39, 0.29) is 0 Å². The molecule has 0 radical (unpaired) electrons. The van der Waals surface area contributed by atoms with Gasteiger partial charge in [0.15, 0.2) is 5.16 Å². The minimum absolute atomic E-state index is 0.530. The van der Waals surface area contributed by atoms with Gasteiger partial charge in [0.05, 0.1) is 5.69 Å². The lowest BCUT2D eigenvalue weighted by Gasteiger charge is -2.16. The fourth-order valence-corrected chi connectivity index (χ4v) is 4.81. The van der Waals surface area contributed by atoms with Crippen LogP contribution in [0.25, 0.3) is 10.8 Å². The molecule has 0 aliphatic heterocycles. The maximum atomic E-state index is 11.3. The lowest BCUT2D eigenvalue weighted by atomic mass is 9.99. The van der Waals surface area contributed by atoms with E-state index in [9.17, 15) is 9.90 Å². The summed E-state index contributed by atoms with van der Waals surface area (Å²) >= 11 is 1.20. The molecule has 1 atom stereocenters. The molecule has 3 aromatic rings. The number of anilines is 2. The SMILES string of the molecule is CC(Sc1nc2c(c(Nc3ccc(C4CC4)c4ccccc34)n1)CCC2)C(=O)O. The predicted octanol–water partition coefficient (Wildman–Crippen LogP) is 5.30. The number of nitrogens with one attached hydrogen (secondary N) is 1. The Morgan fingerprint density at radius 1 is 1.14 bits per heavy atom. The van der Waals surface area contributed by atoms with Gasteiger partial charge in [-0.25, -0.2) is 9.97 Å². The summed E-state index contributed by atoms with van der Waals surface area (Å²) in [6.45, 7) is 1.67. The number of aryl methyl sites for hydroxylation is 1. The second kappa shape index (κ2) is 7.34. The number of nitrogens with zero attached hydrogens (tertiary/aromatic N) is 2. The number of fused-ring (bicyclic) bond motifs is 2. The number of hydrogen-bond acceptors (Lipinski definition) is 5. The van der Waals surface area contributed by atoms with Crippen molar-refractivity contribution < 1.29 is 9.90 Å². The molecule has 2 aliphatic carbocycles. The van der Waals surface area contributed by atoms with E-state index in [0.29, 0.717) is 11.1 Å². The van der Waals surface area contributed by atoms with Crippen LogP contribution in [0, 0.1) is 0 Å². The number of hydrogen-bond donors (Lipinski definition) is 2. The van der Waals surface area contributed by atoms with E-state index in [1.54, 1.807) is 6.92 Å². The summed E-state index contributed by atoms with van der Waals surface area (Å²) < 4.78 is 0. The normalized spacial score (nSPS) is 16.6. The van der Waals surface area contributed by atoms with Crippen LogP contribution in [-0.2, 0) is 17.6 Å². The van der Waals surface area contributed by atoms with E-state index in [0.717, 1.165) is 42.0 Å². The Labute approximate surface area is 174 Å². The molecule has 2 aliphatic rings. The highest BCUT2D eigenvalue weighted by Gasteiger charge is 2.26. The molecule has 1 aromatic heterocycles. The van der Waals surface area contributed by atoms with Crippen molar-refractivity contribution in [1.82, 2.24) is 9.97 Å². The van der Waals surface area contributed by atoms with Crippen molar-refractivity contribution in [2.24, 2.45) is 0 Å². The van der Waals surface area contributed by atoms with Crippen molar-refractivity contribution in [2.75, 3.05) is 5.32 Å². The molecule has 0 saturated heterocycles. The van der Waals surface area contributed by atoms with E-state index in [1.165, 1.54) is 40.9 Å². The number of thioether (sulfide) groups is 1. The van der Waals surface area contributed by atoms with Gasteiger partial charge in [0.25, 0.3) is 0 Å². The second-order valence-electron chi connectivity index (χ2n) is 7.88. The first-order chi connectivity index (χ1) is 14.1. The Morgan fingerprint density at radius 3 is 2.69 bits per heavy atom. The van der Waals surface area contributed by atoms with E-state index >= 15 is 0 Å². The maximum absolute atomic E-state index is 11.3. The van der Waals surface area contributed by atoms with Crippen molar-refractivity contribution >= 4 is 40.0 Å². The van der Waals surface area contributed by atoms with Crippen molar-refractivity contribution in [1.29, 1.82) is 0 Å². The Bertz CT molecular complexity index is 1110. The molecule has 5 rings (SSSR count). The molecule has 1 fully saturated rings. The molecule has 1 heterocycles. The molecule has 5 nitrogen and oxygen atoms in total. The fourth-order valence-electron chi connectivity index (χ4n) is 4.08. The van der Waals surface area contributed by atoms with Crippen LogP contribution in [0.3, 0.4) is 0 Å². The van der Waals surface area contributed by atoms with Gasteiger partial charge in [0, 0.05) is 16.6 Å². The van der Waals surface area contributed by atoms with Gasteiger partial charge >= 0.3 is 5.97 Å². The first kappa shape index (κ1) is 18.4. The molecule has 0 spiro atoms. The molecule has 0 amide bonds. The number of rotatable bonds is 6. The molecule has 2 aromatic carbocycles. The summed E-state index contributed by atoms with van der Waals surface area (Å²) in [4.78, 5) is 20.6. The van der Waals surface area contributed by atoms with Gasteiger partial charge < -0.3 is 10.4 Å². The topological polar surface area (TPSA) is 75.1 Å². The number of aliphatic carboxylic acids is 1. The molecule has 6 heteroatoms. The van der Waals surface area contributed by atoms with Gasteiger partial charge in [-0.05, 0) is 62.0 Å². The minimum atomic E-state index is -0.852. The number of carbonyl (C=O) groups is 1. The average molecular weight is 406 g/mol. The predicted molar refractivity (Wildman–Crippen MR) is 116 cm³/mol. The lowest BCUT2D eigenvalue weighted by Crippen LogP contribution is -2.13. The zero-order chi connectivity index (χ0) is 20.0. The monoisotopic (exact) mass is 405 g/mol. The van der Waals surface area contributed by atoms with E-state index in [2.05, 4.69) is 46.7 Å². The van der Waals surface area contributed by atoms with Crippen molar-refractivity contribution in [2.45, 2.75) is 55.4 Å². The number of carboxylic acids is 1. The zero-order valence-electron chi connectivity index (χ0n) is 16.3. The maximum Gasteiger partial charge on any atom is 0.316 e. The third kappa shape index (κ3) is 3.57. The van der Waals surface area contributed by atoms with E-state index in [1.807, 2.05) is 0 Å². The molecule has 29 heavy (non-hydrogen) atoms. The Hall–Kier alpha value is -2.60. The molecule has 2 N–H and O–H groups in total. The number of carboxylic acid groups (broad SMARTS) is 1. The highest BCUT2D eigenvalue weighted by molar-refractivity contribution is 8.00. The summed E-state index contributed by atoms with van der Waals surface area (Å²) in [5.74, 6) is 0.657. The van der Waals surface area contributed by atoms with Crippen LogP contribution in [0.1, 0.15) is 48.9 Å². The van der Waals surface area contributed by atoms with Crippen LogP contribution in [0.5, 0.6) is 0 Å². The average Bonchev–Trinajstić information content (AvgIpc) is 3.45. The fraction of sp³-hybridized carbons (Fsp3) is 0.348. The molecule has 148 valence electrons. The minimum Gasteiger partial charge on any atom is -0.480 e. The highest BCUT2D eigenvalue weighted by atomic mass is 32.2. The number of aromatic nitrogens is 2. The van der Waals surface area contributed by atoms with Crippen LogP contribution in [-0.4, -0.2) is 26.3 Å². The second-order valence-corrected chi connectivity index (χ2v) is 9.19. The van der Waals surface area contributed by atoms with Gasteiger partial charge in [-0.3, -0.25) is 4.79 Å². The molecule has 1 saturated carbocycles. The quantitative estimate of drug-likeness (QED) is 0.428. The first-order valence-electron chi connectivity index (χ1n) is 10.2. The molecule has 0 bridgehead atoms. The zero-order valence-corrected chi connectivity index (χ0v) is 17.1. The molecular formula is C23H23N3O2S. The van der Waals surface area contributed by atoms with Crippen LogP contribution in [0.4, 0.5) is 11.5 Å². The van der Waals surface area contributed by atoms with Gasteiger partial charge in [0.1, 0.15) is 11.1 Å². The van der Waals surface area contributed by atoms with Crippen molar-refractivity contribution in [3.05, 3.63) is 53.2 Å². The third-order valence-corrected chi connectivity index (χ3v) is 6.72. The summed E-state index contributed by atoms with van der Waals surface area (Å²) in [5, 5.41) is 15.3. The Kier molecular flexibility index (Phi) is 4.66. The first-order valence-corrected chi connectivity index (χ1v) is 11.1. The van der Waals surface area contributed by atoms with Crippen LogP contribution < -0.4 is 5.32 Å². The van der Waals surface area contributed by atoms with Crippen molar-refractivity contribution in [3.63, 3.8) is 0 Å². The van der Waals surface area contributed by atoms with Crippen molar-refractivity contribution in [3.8, 4) is 0 Å². The van der Waals surface area contributed by atoms with Gasteiger partial charge in [-0.2, -0.15) is 0 Å². The Morgan fingerprint density at radius 2 is 1.93 bits per heavy atom. The van der Waals surface area contributed by atoms with Crippen LogP contribution in [0.2, 0.25) is 0 Å². The highest BCUT2D eigenvalue weighted by Crippen LogP contribution is 2.44. The largest absolute Gasteiger partial charge is 0.480 e. The van der Waals surface area contributed by atoms with Gasteiger partial charge in [0.2, 0.25) is 0 Å². The summed E-state index contributed by atoms with van der Waals surface area (Å²) in [5.41, 5.74) is 4.68. The molecular weight excluding hydrogens is 382 g/mol. The van der Waals surface area contributed by atoms with Crippen LogP contribution in [0.15, 0.2) is 41.6 Å². The van der Waals surface area contributed by atoms with Gasteiger partial charge in [-0.1, -0.05) is 42.1 Å². The summed E-state index contributed by atoms with van der Waals surface area (Å²) in [7, 11) is 0. The summed E-state index contributed by atoms with van der Waals surface area (Å²) in [6, 6.07) is 12.9. The van der Waals surface area contributed by atoms with Gasteiger partial charge in [-0.15, -0.1) is 0 Å².